The third kappa shape index (κ3) is 3.79. The number of nitrogens with one attached hydrogen (secondary N) is 2. The van der Waals surface area contributed by atoms with E-state index in [1.165, 1.54) is 0 Å². The summed E-state index contributed by atoms with van der Waals surface area (Å²) >= 11 is 0. The van der Waals surface area contributed by atoms with E-state index < -0.39 is 5.91 Å². The minimum Gasteiger partial charge on any atom is -0.497 e. The van der Waals surface area contributed by atoms with E-state index in [0.717, 1.165) is 5.56 Å². The molecule has 0 spiro atoms. The molecule has 1 aliphatic heterocycles. The first kappa shape index (κ1) is 14.5. The SMILES string of the molecule is COc1ccc([C@@H]2CC(=O)NC(NC(=O)CC#N)=N2)cc1. The number of hydrogen-bond acceptors (Lipinski definition) is 5. The van der Waals surface area contributed by atoms with E-state index in [2.05, 4.69) is 15.6 Å². The average Bonchev–Trinajstić information content (AvgIpc) is 2.47. The van der Waals surface area contributed by atoms with Crippen LogP contribution in [0.15, 0.2) is 29.3 Å². The topological polar surface area (TPSA) is 104 Å². The van der Waals surface area contributed by atoms with Crippen molar-refractivity contribution in [3.05, 3.63) is 29.8 Å². The van der Waals surface area contributed by atoms with E-state index in [9.17, 15) is 9.59 Å². The molecule has 21 heavy (non-hydrogen) atoms. The van der Waals surface area contributed by atoms with Crippen LogP contribution < -0.4 is 15.4 Å². The molecule has 108 valence electrons. The Morgan fingerprint density at radius 3 is 2.86 bits per heavy atom. The van der Waals surface area contributed by atoms with Crippen LogP contribution in [0.1, 0.15) is 24.4 Å². The molecule has 1 aromatic rings. The van der Waals surface area contributed by atoms with Crippen molar-refractivity contribution in [3.8, 4) is 11.8 Å². The molecule has 0 unspecified atom stereocenters. The molecule has 1 aromatic carbocycles. The average molecular weight is 286 g/mol. The highest BCUT2D eigenvalue weighted by Gasteiger charge is 2.23. The molecule has 0 fully saturated rings. The van der Waals surface area contributed by atoms with Crippen molar-refractivity contribution in [1.82, 2.24) is 10.6 Å². The summed E-state index contributed by atoms with van der Waals surface area (Å²) in [7, 11) is 1.57. The molecule has 2 rings (SSSR count). The van der Waals surface area contributed by atoms with Crippen LogP contribution in [0.5, 0.6) is 5.75 Å². The van der Waals surface area contributed by atoms with Crippen LogP contribution in [0.4, 0.5) is 0 Å². The van der Waals surface area contributed by atoms with Gasteiger partial charge in [-0.25, -0.2) is 4.99 Å². The van der Waals surface area contributed by atoms with Gasteiger partial charge in [0.1, 0.15) is 12.2 Å². The van der Waals surface area contributed by atoms with E-state index in [-0.39, 0.29) is 30.8 Å². The van der Waals surface area contributed by atoms with Crippen LogP contribution in [0, 0.1) is 11.3 Å². The lowest BCUT2D eigenvalue weighted by atomic mass is 10.0. The number of hydrogen-bond donors (Lipinski definition) is 2. The zero-order valence-corrected chi connectivity index (χ0v) is 11.4. The largest absolute Gasteiger partial charge is 0.497 e. The molecular formula is C14H14N4O3. The van der Waals surface area contributed by atoms with Gasteiger partial charge in [-0.1, -0.05) is 12.1 Å². The molecule has 0 aliphatic carbocycles. The standard InChI is InChI=1S/C14H14N4O3/c1-21-10-4-2-9(3-5-10)11-8-13(20)18-14(16-11)17-12(19)6-7-15/h2-5,11H,6,8H2,1H3,(H2,16,17,18,19,20)/t11-/m0/s1. The molecule has 1 aliphatic rings. The van der Waals surface area contributed by atoms with Crippen LogP contribution in [-0.2, 0) is 9.59 Å². The van der Waals surface area contributed by atoms with E-state index >= 15 is 0 Å². The highest BCUT2D eigenvalue weighted by molar-refractivity contribution is 6.06. The molecule has 2 amide bonds. The molecular weight excluding hydrogens is 272 g/mol. The Balaban J connectivity index is 2.16. The zero-order chi connectivity index (χ0) is 15.2. The summed E-state index contributed by atoms with van der Waals surface area (Å²) in [5, 5.41) is 13.3. The van der Waals surface area contributed by atoms with Gasteiger partial charge in [0.2, 0.25) is 17.8 Å². The second-order valence-electron chi connectivity index (χ2n) is 4.40. The predicted molar refractivity (Wildman–Crippen MR) is 74.3 cm³/mol. The van der Waals surface area contributed by atoms with Crippen molar-refractivity contribution >= 4 is 17.8 Å². The van der Waals surface area contributed by atoms with Gasteiger partial charge in [-0.05, 0) is 17.7 Å². The van der Waals surface area contributed by atoms with Crippen LogP contribution in [-0.4, -0.2) is 24.9 Å². The summed E-state index contributed by atoms with van der Waals surface area (Å²) in [5.41, 5.74) is 0.845. The van der Waals surface area contributed by atoms with Gasteiger partial charge < -0.3 is 4.74 Å². The molecule has 0 bridgehead atoms. The maximum absolute atomic E-state index is 11.7. The summed E-state index contributed by atoms with van der Waals surface area (Å²) in [6.45, 7) is 0. The number of rotatable bonds is 3. The molecule has 1 atom stereocenters. The van der Waals surface area contributed by atoms with Crippen molar-refractivity contribution in [2.75, 3.05) is 7.11 Å². The van der Waals surface area contributed by atoms with Crippen LogP contribution >= 0.6 is 0 Å². The third-order valence-corrected chi connectivity index (χ3v) is 2.92. The van der Waals surface area contributed by atoms with E-state index in [1.807, 2.05) is 12.1 Å². The Morgan fingerprint density at radius 2 is 2.24 bits per heavy atom. The van der Waals surface area contributed by atoms with Crippen molar-refractivity contribution in [3.63, 3.8) is 0 Å². The number of carbonyl (C=O) groups excluding carboxylic acids is 2. The van der Waals surface area contributed by atoms with Gasteiger partial charge in [0.15, 0.2) is 0 Å². The van der Waals surface area contributed by atoms with Crippen LogP contribution in [0.25, 0.3) is 0 Å². The smallest absolute Gasteiger partial charge is 0.240 e. The third-order valence-electron chi connectivity index (χ3n) is 2.92. The number of benzene rings is 1. The van der Waals surface area contributed by atoms with Gasteiger partial charge in [0, 0.05) is 0 Å². The lowest BCUT2D eigenvalue weighted by Gasteiger charge is -2.21. The van der Waals surface area contributed by atoms with Crippen LogP contribution in [0.2, 0.25) is 0 Å². The molecule has 7 nitrogen and oxygen atoms in total. The quantitative estimate of drug-likeness (QED) is 0.851. The van der Waals surface area contributed by atoms with E-state index in [0.29, 0.717) is 5.75 Å². The second-order valence-corrected chi connectivity index (χ2v) is 4.40. The normalized spacial score (nSPS) is 17.2. The fraction of sp³-hybridized carbons (Fsp3) is 0.286. The lowest BCUT2D eigenvalue weighted by molar-refractivity contribution is -0.120. The van der Waals surface area contributed by atoms with Gasteiger partial charge in [0.05, 0.1) is 25.6 Å². The highest BCUT2D eigenvalue weighted by Crippen LogP contribution is 2.25. The van der Waals surface area contributed by atoms with Crippen LogP contribution in [0.3, 0.4) is 0 Å². The molecule has 7 heteroatoms. The van der Waals surface area contributed by atoms with Crippen molar-refractivity contribution in [2.24, 2.45) is 4.99 Å². The maximum atomic E-state index is 11.7. The monoisotopic (exact) mass is 286 g/mol. The summed E-state index contributed by atoms with van der Waals surface area (Å²) in [6, 6.07) is 8.56. The number of aliphatic imine (C=N–C) groups is 1. The fourth-order valence-electron chi connectivity index (χ4n) is 1.92. The second kappa shape index (κ2) is 6.52. The van der Waals surface area contributed by atoms with Crippen molar-refractivity contribution in [1.29, 1.82) is 5.26 Å². The summed E-state index contributed by atoms with van der Waals surface area (Å²) in [5.74, 6) is 0.0443. The number of guanidine groups is 1. The van der Waals surface area contributed by atoms with Gasteiger partial charge in [0.25, 0.3) is 0 Å². The minimum absolute atomic E-state index is 0.0762. The molecule has 0 saturated carbocycles. The first-order chi connectivity index (χ1) is 10.1. The van der Waals surface area contributed by atoms with Crippen molar-refractivity contribution in [2.45, 2.75) is 18.9 Å². The van der Waals surface area contributed by atoms with Crippen molar-refractivity contribution < 1.29 is 14.3 Å². The molecule has 0 radical (unpaired) electrons. The fourth-order valence-corrected chi connectivity index (χ4v) is 1.92. The Kier molecular flexibility index (Phi) is 4.51. The number of ether oxygens (including phenoxy) is 1. The highest BCUT2D eigenvalue weighted by atomic mass is 16.5. The summed E-state index contributed by atoms with van der Waals surface area (Å²) in [6.07, 6.45) is -0.0912. The first-order valence-electron chi connectivity index (χ1n) is 6.30. The van der Waals surface area contributed by atoms with Gasteiger partial charge >= 0.3 is 0 Å². The molecule has 1 heterocycles. The Bertz CT molecular complexity index is 616. The Morgan fingerprint density at radius 1 is 1.52 bits per heavy atom. The minimum atomic E-state index is -0.507. The number of carbonyl (C=O) groups is 2. The number of nitriles is 1. The van der Waals surface area contributed by atoms with Gasteiger partial charge in [-0.3, -0.25) is 20.2 Å². The molecule has 0 saturated heterocycles. The maximum Gasteiger partial charge on any atom is 0.240 e. The van der Waals surface area contributed by atoms with Gasteiger partial charge in [-0.15, -0.1) is 0 Å². The number of methoxy groups -OCH3 is 1. The molecule has 0 aromatic heterocycles. The number of amides is 2. The number of nitrogens with zero attached hydrogens (tertiary/aromatic N) is 2. The lowest BCUT2D eigenvalue weighted by Crippen LogP contribution is -2.46. The Hall–Kier alpha value is -2.88. The zero-order valence-electron chi connectivity index (χ0n) is 11.4. The summed E-state index contributed by atoms with van der Waals surface area (Å²) < 4.78 is 5.08. The molecule has 2 N–H and O–H groups in total. The Labute approximate surface area is 121 Å². The van der Waals surface area contributed by atoms with Gasteiger partial charge in [-0.2, -0.15) is 5.26 Å². The first-order valence-corrected chi connectivity index (χ1v) is 6.30. The van der Waals surface area contributed by atoms with E-state index in [4.69, 9.17) is 10.00 Å². The summed E-state index contributed by atoms with van der Waals surface area (Å²) in [4.78, 5) is 27.3. The van der Waals surface area contributed by atoms with E-state index in [1.54, 1.807) is 25.3 Å². The predicted octanol–water partition coefficient (Wildman–Crippen LogP) is 0.642.